The molecule has 3 heterocycles. The molecule has 1 saturated heterocycles. The molecule has 0 saturated carbocycles. The second kappa shape index (κ2) is 9.01. The monoisotopic (exact) mass is 462 g/mol. The third-order valence-corrected chi connectivity index (χ3v) is 5.66. The summed E-state index contributed by atoms with van der Waals surface area (Å²) in [6.45, 7) is 5.56. The molecule has 7 nitrogen and oxygen atoms in total. The van der Waals surface area contributed by atoms with Crippen LogP contribution in [-0.2, 0) is 10.7 Å². The molecule has 0 radical (unpaired) electrons. The number of benzene rings is 1. The molecule has 0 bridgehead atoms. The van der Waals surface area contributed by atoms with E-state index in [9.17, 15) is 13.6 Å². The van der Waals surface area contributed by atoms with Gasteiger partial charge in [-0.05, 0) is 13.8 Å². The molecule has 2 N–H and O–H groups in total. The van der Waals surface area contributed by atoms with Gasteiger partial charge in [0.25, 0.3) is 11.5 Å². The van der Waals surface area contributed by atoms with Crippen molar-refractivity contribution in [3.8, 4) is 5.75 Å². The van der Waals surface area contributed by atoms with Gasteiger partial charge in [0, 0.05) is 24.5 Å². The topological polar surface area (TPSA) is 89.1 Å². The van der Waals surface area contributed by atoms with Crippen LogP contribution in [0.2, 0.25) is 0 Å². The normalized spacial score (nSPS) is 17.3. The number of halogens is 3. The molecule has 4 rings (SSSR count). The van der Waals surface area contributed by atoms with E-state index >= 15 is 4.39 Å². The molecule has 176 valence electrons. The second-order valence-electron chi connectivity index (χ2n) is 8.08. The van der Waals surface area contributed by atoms with Crippen molar-refractivity contribution in [3.05, 3.63) is 57.4 Å². The van der Waals surface area contributed by atoms with Crippen LogP contribution in [0, 0.1) is 12.7 Å². The number of ether oxygens (including phenoxy) is 2. The highest BCUT2D eigenvalue weighted by atomic mass is 19.3. The predicted molar refractivity (Wildman–Crippen MR) is 117 cm³/mol. The van der Waals surface area contributed by atoms with Crippen LogP contribution in [0.1, 0.15) is 49.7 Å². The van der Waals surface area contributed by atoms with Gasteiger partial charge < -0.3 is 19.8 Å². The van der Waals surface area contributed by atoms with E-state index in [1.807, 2.05) is 0 Å². The standard InChI is InChI=1S/C23H25F3N4O3/c1-4-23(25,26)17-7-5-6-15(19(17)24)12(2)27-20-16-10-18(33-14-8-9-32-11-14)22(31)30-21(16)29-13(3)28-20/h5-7,10,12,14H,4,8-9,11H2,1-3H3,(H2,27,28,29,30,31)/t12-,14?/m1/s1. The lowest BCUT2D eigenvalue weighted by atomic mass is 9.99. The Hall–Kier alpha value is -3.14. The molecule has 1 unspecified atom stereocenters. The van der Waals surface area contributed by atoms with E-state index in [0.717, 1.165) is 6.07 Å². The highest BCUT2D eigenvalue weighted by Gasteiger charge is 2.33. The fourth-order valence-corrected chi connectivity index (χ4v) is 3.80. The average molecular weight is 462 g/mol. The highest BCUT2D eigenvalue weighted by Crippen LogP contribution is 2.36. The van der Waals surface area contributed by atoms with Crippen LogP contribution in [0.25, 0.3) is 11.0 Å². The van der Waals surface area contributed by atoms with E-state index in [-0.39, 0.29) is 23.1 Å². The van der Waals surface area contributed by atoms with Crippen molar-refractivity contribution in [2.75, 3.05) is 18.5 Å². The molecule has 1 fully saturated rings. The number of aromatic amines is 1. The molecule has 0 amide bonds. The van der Waals surface area contributed by atoms with E-state index in [1.165, 1.54) is 25.1 Å². The molecule has 10 heteroatoms. The Morgan fingerprint density at radius 1 is 1.36 bits per heavy atom. The average Bonchev–Trinajstić information content (AvgIpc) is 3.27. The summed E-state index contributed by atoms with van der Waals surface area (Å²) in [5, 5.41) is 3.54. The maximum Gasteiger partial charge on any atom is 0.291 e. The van der Waals surface area contributed by atoms with Gasteiger partial charge in [-0.15, -0.1) is 0 Å². The zero-order valence-corrected chi connectivity index (χ0v) is 18.5. The first-order chi connectivity index (χ1) is 15.7. The van der Waals surface area contributed by atoms with Crippen LogP contribution in [0.15, 0.2) is 29.1 Å². The quantitative estimate of drug-likeness (QED) is 0.533. The number of nitrogens with zero attached hydrogens (tertiary/aromatic N) is 2. The number of H-pyrrole nitrogens is 1. The van der Waals surface area contributed by atoms with Crippen molar-refractivity contribution in [2.45, 2.75) is 51.7 Å². The van der Waals surface area contributed by atoms with Gasteiger partial charge in [-0.1, -0.05) is 25.1 Å². The fraction of sp³-hybridized carbons (Fsp3) is 0.435. The minimum atomic E-state index is -3.27. The molecule has 1 aliphatic rings. The zero-order chi connectivity index (χ0) is 23.8. The number of anilines is 1. The Morgan fingerprint density at radius 3 is 2.85 bits per heavy atom. The second-order valence-corrected chi connectivity index (χ2v) is 8.08. The number of pyridine rings is 1. The molecule has 0 spiro atoms. The number of nitrogens with one attached hydrogen (secondary N) is 2. The number of rotatable bonds is 7. The Balaban J connectivity index is 1.71. The third-order valence-electron chi connectivity index (χ3n) is 5.66. The number of alkyl halides is 2. The number of hydrogen-bond donors (Lipinski definition) is 2. The summed E-state index contributed by atoms with van der Waals surface area (Å²) < 4.78 is 54.5. The van der Waals surface area contributed by atoms with Crippen LogP contribution >= 0.6 is 0 Å². The zero-order valence-electron chi connectivity index (χ0n) is 18.5. The molecular weight excluding hydrogens is 437 g/mol. The maximum atomic E-state index is 15.0. The van der Waals surface area contributed by atoms with E-state index < -0.39 is 35.3 Å². The Kier molecular flexibility index (Phi) is 6.29. The molecule has 3 aromatic rings. The van der Waals surface area contributed by atoms with Crippen molar-refractivity contribution in [3.63, 3.8) is 0 Å². The van der Waals surface area contributed by atoms with Crippen molar-refractivity contribution in [1.29, 1.82) is 0 Å². The first-order valence-electron chi connectivity index (χ1n) is 10.8. The molecule has 2 aromatic heterocycles. The van der Waals surface area contributed by atoms with Gasteiger partial charge in [0.15, 0.2) is 5.75 Å². The number of fused-ring (bicyclic) bond motifs is 1. The fourth-order valence-electron chi connectivity index (χ4n) is 3.80. The lowest BCUT2D eigenvalue weighted by molar-refractivity contribution is -0.0119. The molecule has 0 aliphatic carbocycles. The van der Waals surface area contributed by atoms with Gasteiger partial charge in [0.2, 0.25) is 0 Å². The lowest BCUT2D eigenvalue weighted by Gasteiger charge is -2.21. The van der Waals surface area contributed by atoms with Crippen molar-refractivity contribution in [1.82, 2.24) is 15.0 Å². The summed E-state index contributed by atoms with van der Waals surface area (Å²) in [6, 6.07) is 4.79. The van der Waals surface area contributed by atoms with E-state index in [4.69, 9.17) is 9.47 Å². The van der Waals surface area contributed by atoms with Gasteiger partial charge >= 0.3 is 0 Å². The maximum absolute atomic E-state index is 15.0. The molecule has 33 heavy (non-hydrogen) atoms. The molecule has 2 atom stereocenters. The van der Waals surface area contributed by atoms with Crippen molar-refractivity contribution in [2.24, 2.45) is 0 Å². The largest absolute Gasteiger partial charge is 0.482 e. The van der Waals surface area contributed by atoms with Crippen LogP contribution in [0.5, 0.6) is 5.75 Å². The number of hydrogen-bond acceptors (Lipinski definition) is 6. The van der Waals surface area contributed by atoms with Gasteiger partial charge in [-0.25, -0.2) is 23.1 Å². The first kappa shape index (κ1) is 23.0. The number of aryl methyl sites for hydroxylation is 1. The summed E-state index contributed by atoms with van der Waals surface area (Å²) >= 11 is 0. The summed E-state index contributed by atoms with van der Waals surface area (Å²) in [7, 11) is 0. The van der Waals surface area contributed by atoms with Crippen LogP contribution in [-0.4, -0.2) is 34.3 Å². The lowest BCUT2D eigenvalue weighted by Crippen LogP contribution is -2.22. The van der Waals surface area contributed by atoms with Gasteiger partial charge in [0.05, 0.1) is 30.2 Å². The summed E-state index contributed by atoms with van der Waals surface area (Å²) in [4.78, 5) is 23.8. The smallest absolute Gasteiger partial charge is 0.291 e. The predicted octanol–water partition coefficient (Wildman–Crippen LogP) is 4.61. The SMILES string of the molecule is CCC(F)(F)c1cccc([C@@H](C)Nc2nc(C)nc3[nH]c(=O)c(OC4CCOC4)cc23)c1F. The minimum Gasteiger partial charge on any atom is -0.482 e. The summed E-state index contributed by atoms with van der Waals surface area (Å²) in [5.41, 5.74) is -0.719. The Bertz CT molecular complexity index is 1230. The van der Waals surface area contributed by atoms with Crippen LogP contribution in [0.3, 0.4) is 0 Å². The summed E-state index contributed by atoms with van der Waals surface area (Å²) in [6.07, 6.45) is -0.0721. The summed E-state index contributed by atoms with van der Waals surface area (Å²) in [5.74, 6) is -3.44. The molecule has 1 aromatic carbocycles. The van der Waals surface area contributed by atoms with Crippen LogP contribution in [0.4, 0.5) is 19.0 Å². The van der Waals surface area contributed by atoms with Gasteiger partial charge in [0.1, 0.15) is 29.2 Å². The third kappa shape index (κ3) is 4.66. The minimum absolute atomic E-state index is 0.0778. The van der Waals surface area contributed by atoms with E-state index in [2.05, 4.69) is 20.3 Å². The Morgan fingerprint density at radius 2 is 2.15 bits per heavy atom. The van der Waals surface area contributed by atoms with E-state index in [1.54, 1.807) is 13.8 Å². The Labute approximate surface area is 188 Å². The number of aromatic nitrogens is 3. The van der Waals surface area contributed by atoms with Crippen molar-refractivity contribution >= 4 is 16.9 Å². The highest BCUT2D eigenvalue weighted by molar-refractivity contribution is 5.87. The van der Waals surface area contributed by atoms with Crippen LogP contribution < -0.4 is 15.6 Å². The van der Waals surface area contributed by atoms with Crippen molar-refractivity contribution < 1.29 is 22.6 Å². The van der Waals surface area contributed by atoms with E-state index in [0.29, 0.717) is 36.7 Å². The van der Waals surface area contributed by atoms with Gasteiger partial charge in [-0.3, -0.25) is 4.79 Å². The molecule has 1 aliphatic heterocycles. The molecular formula is C23H25F3N4O3. The van der Waals surface area contributed by atoms with Gasteiger partial charge in [-0.2, -0.15) is 0 Å². The first-order valence-corrected chi connectivity index (χ1v) is 10.8.